The second-order valence-electron chi connectivity index (χ2n) is 4.58. The molecule has 0 bridgehead atoms. The molecular weight excluding hydrogens is 238 g/mol. The van der Waals surface area contributed by atoms with Crippen molar-refractivity contribution in [1.29, 1.82) is 0 Å². The van der Waals surface area contributed by atoms with E-state index in [9.17, 15) is 9.90 Å². The van der Waals surface area contributed by atoms with Gasteiger partial charge in [0.1, 0.15) is 5.54 Å². The number of nitrogens with one attached hydrogen (secondary N) is 1. The van der Waals surface area contributed by atoms with Crippen LogP contribution in [0.15, 0.2) is 24.3 Å². The first-order valence-corrected chi connectivity index (χ1v) is 5.66. The zero-order valence-electron chi connectivity index (χ0n) is 9.90. The summed E-state index contributed by atoms with van der Waals surface area (Å²) in [7, 11) is 0. The SMILES string of the molecule is Cc1cccc(C[C@@]2(C(=O)O)CCCN2)c1.Cl. The Kier molecular flexibility index (Phi) is 4.54. The third-order valence-corrected chi connectivity index (χ3v) is 3.24. The van der Waals surface area contributed by atoms with E-state index in [2.05, 4.69) is 11.4 Å². The fourth-order valence-electron chi connectivity index (χ4n) is 2.39. The summed E-state index contributed by atoms with van der Waals surface area (Å²) < 4.78 is 0. The smallest absolute Gasteiger partial charge is 0.324 e. The Morgan fingerprint density at radius 1 is 1.53 bits per heavy atom. The monoisotopic (exact) mass is 255 g/mol. The molecule has 0 amide bonds. The van der Waals surface area contributed by atoms with E-state index in [4.69, 9.17) is 0 Å². The highest BCUT2D eigenvalue weighted by molar-refractivity contribution is 5.85. The van der Waals surface area contributed by atoms with Crippen LogP contribution >= 0.6 is 12.4 Å². The largest absolute Gasteiger partial charge is 0.480 e. The summed E-state index contributed by atoms with van der Waals surface area (Å²) in [4.78, 5) is 11.4. The Labute approximate surface area is 108 Å². The molecule has 1 aliphatic rings. The molecule has 3 nitrogen and oxygen atoms in total. The molecule has 0 aliphatic carbocycles. The molecule has 2 rings (SSSR count). The second-order valence-corrected chi connectivity index (χ2v) is 4.58. The van der Waals surface area contributed by atoms with Gasteiger partial charge in [0.05, 0.1) is 0 Å². The molecule has 0 spiro atoms. The van der Waals surface area contributed by atoms with Gasteiger partial charge in [-0.05, 0) is 31.9 Å². The first-order chi connectivity index (χ1) is 7.62. The number of carbonyl (C=O) groups is 1. The molecule has 0 saturated carbocycles. The van der Waals surface area contributed by atoms with Crippen LogP contribution in [0.25, 0.3) is 0 Å². The maximum atomic E-state index is 11.4. The highest BCUT2D eigenvalue weighted by Gasteiger charge is 2.40. The third-order valence-electron chi connectivity index (χ3n) is 3.24. The van der Waals surface area contributed by atoms with Gasteiger partial charge < -0.3 is 10.4 Å². The summed E-state index contributed by atoms with van der Waals surface area (Å²) in [5, 5.41) is 12.5. The van der Waals surface area contributed by atoms with Gasteiger partial charge in [-0.1, -0.05) is 29.8 Å². The van der Waals surface area contributed by atoms with Gasteiger partial charge in [-0.3, -0.25) is 4.79 Å². The van der Waals surface area contributed by atoms with Gasteiger partial charge in [-0.2, -0.15) is 0 Å². The predicted molar refractivity (Wildman–Crippen MR) is 69.7 cm³/mol. The molecule has 1 atom stereocenters. The zero-order chi connectivity index (χ0) is 11.6. The fourth-order valence-corrected chi connectivity index (χ4v) is 2.39. The molecular formula is C13H18ClNO2. The van der Waals surface area contributed by atoms with E-state index in [0.29, 0.717) is 6.42 Å². The summed E-state index contributed by atoms with van der Waals surface area (Å²) in [5.41, 5.74) is 1.53. The molecule has 0 aromatic heterocycles. The normalized spacial score (nSPS) is 23.1. The highest BCUT2D eigenvalue weighted by Crippen LogP contribution is 2.24. The minimum atomic E-state index is -0.742. The molecule has 17 heavy (non-hydrogen) atoms. The van der Waals surface area contributed by atoms with Crippen LogP contribution in [0.5, 0.6) is 0 Å². The molecule has 1 heterocycles. The van der Waals surface area contributed by atoms with E-state index in [1.807, 2.05) is 25.1 Å². The number of benzene rings is 1. The second kappa shape index (κ2) is 5.52. The van der Waals surface area contributed by atoms with E-state index in [-0.39, 0.29) is 12.4 Å². The summed E-state index contributed by atoms with van der Waals surface area (Å²) in [5.74, 6) is -0.730. The van der Waals surface area contributed by atoms with E-state index in [0.717, 1.165) is 24.9 Å². The fraction of sp³-hybridized carbons (Fsp3) is 0.462. The minimum Gasteiger partial charge on any atom is -0.480 e. The van der Waals surface area contributed by atoms with Crippen LogP contribution in [-0.4, -0.2) is 23.2 Å². The third kappa shape index (κ3) is 2.99. The van der Waals surface area contributed by atoms with Gasteiger partial charge in [0, 0.05) is 6.42 Å². The van der Waals surface area contributed by atoms with Crippen molar-refractivity contribution in [2.24, 2.45) is 0 Å². The van der Waals surface area contributed by atoms with E-state index < -0.39 is 11.5 Å². The van der Waals surface area contributed by atoms with Crippen LogP contribution in [-0.2, 0) is 11.2 Å². The predicted octanol–water partition coefficient (Wildman–Crippen LogP) is 2.17. The Balaban J connectivity index is 0.00000144. The first-order valence-electron chi connectivity index (χ1n) is 5.66. The van der Waals surface area contributed by atoms with E-state index >= 15 is 0 Å². The quantitative estimate of drug-likeness (QED) is 0.870. The number of aliphatic carboxylic acids is 1. The van der Waals surface area contributed by atoms with Crippen molar-refractivity contribution in [2.75, 3.05) is 6.54 Å². The number of carboxylic acid groups (broad SMARTS) is 1. The number of hydrogen-bond donors (Lipinski definition) is 2. The summed E-state index contributed by atoms with van der Waals surface area (Å²) in [6.07, 6.45) is 2.23. The van der Waals surface area contributed by atoms with Crippen molar-refractivity contribution in [3.05, 3.63) is 35.4 Å². The Bertz CT molecular complexity index is 400. The lowest BCUT2D eigenvalue weighted by atomic mass is 9.89. The van der Waals surface area contributed by atoms with Gasteiger partial charge in [0.2, 0.25) is 0 Å². The van der Waals surface area contributed by atoms with Crippen LogP contribution < -0.4 is 5.32 Å². The molecule has 1 aromatic rings. The molecule has 1 aliphatic heterocycles. The molecule has 0 radical (unpaired) electrons. The maximum absolute atomic E-state index is 11.4. The van der Waals surface area contributed by atoms with Gasteiger partial charge >= 0.3 is 5.97 Å². The van der Waals surface area contributed by atoms with Crippen molar-refractivity contribution in [1.82, 2.24) is 5.32 Å². The molecule has 1 aromatic carbocycles. The van der Waals surface area contributed by atoms with Crippen molar-refractivity contribution in [3.8, 4) is 0 Å². The maximum Gasteiger partial charge on any atom is 0.324 e. The van der Waals surface area contributed by atoms with Gasteiger partial charge in [-0.15, -0.1) is 12.4 Å². The first kappa shape index (κ1) is 14.0. The average molecular weight is 256 g/mol. The lowest BCUT2D eigenvalue weighted by Crippen LogP contribution is -2.49. The van der Waals surface area contributed by atoms with Crippen LogP contribution in [0.4, 0.5) is 0 Å². The number of rotatable bonds is 3. The van der Waals surface area contributed by atoms with E-state index in [1.165, 1.54) is 5.56 Å². The summed E-state index contributed by atoms with van der Waals surface area (Å²) in [6, 6.07) is 8.07. The van der Waals surface area contributed by atoms with Crippen molar-refractivity contribution in [2.45, 2.75) is 31.7 Å². The van der Waals surface area contributed by atoms with E-state index in [1.54, 1.807) is 0 Å². The zero-order valence-corrected chi connectivity index (χ0v) is 10.7. The Morgan fingerprint density at radius 3 is 2.82 bits per heavy atom. The number of aryl methyl sites for hydroxylation is 1. The minimum absolute atomic E-state index is 0. The molecule has 1 saturated heterocycles. The molecule has 4 heteroatoms. The van der Waals surface area contributed by atoms with Crippen LogP contribution in [0.3, 0.4) is 0 Å². The number of hydrogen-bond acceptors (Lipinski definition) is 2. The highest BCUT2D eigenvalue weighted by atomic mass is 35.5. The van der Waals surface area contributed by atoms with Crippen molar-refractivity contribution < 1.29 is 9.90 Å². The standard InChI is InChI=1S/C13H17NO2.ClH/c1-10-4-2-5-11(8-10)9-13(12(15)16)6-3-7-14-13;/h2,4-5,8,14H,3,6-7,9H2,1H3,(H,15,16);1H/t13-;/m1./s1. The summed E-state index contributed by atoms with van der Waals surface area (Å²) in [6.45, 7) is 2.83. The molecule has 0 unspecified atom stereocenters. The number of halogens is 1. The number of carboxylic acids is 1. The lowest BCUT2D eigenvalue weighted by molar-refractivity contribution is -0.144. The van der Waals surface area contributed by atoms with Crippen LogP contribution in [0.1, 0.15) is 24.0 Å². The molecule has 2 N–H and O–H groups in total. The topological polar surface area (TPSA) is 49.3 Å². The summed E-state index contributed by atoms with van der Waals surface area (Å²) >= 11 is 0. The van der Waals surface area contributed by atoms with Crippen molar-refractivity contribution in [3.63, 3.8) is 0 Å². The van der Waals surface area contributed by atoms with Crippen LogP contribution in [0, 0.1) is 6.92 Å². The Hall–Kier alpha value is -1.06. The van der Waals surface area contributed by atoms with Gasteiger partial charge in [0.15, 0.2) is 0 Å². The van der Waals surface area contributed by atoms with Crippen molar-refractivity contribution >= 4 is 18.4 Å². The lowest BCUT2D eigenvalue weighted by Gasteiger charge is -2.24. The molecule has 94 valence electrons. The van der Waals surface area contributed by atoms with Gasteiger partial charge in [-0.25, -0.2) is 0 Å². The Morgan fingerprint density at radius 2 is 2.29 bits per heavy atom. The van der Waals surface area contributed by atoms with Crippen LogP contribution in [0.2, 0.25) is 0 Å². The molecule has 1 fully saturated rings. The van der Waals surface area contributed by atoms with Gasteiger partial charge in [0.25, 0.3) is 0 Å². The average Bonchev–Trinajstić information content (AvgIpc) is 2.67.